The molecule has 13 amide bonds. The van der Waals surface area contributed by atoms with Crippen molar-refractivity contribution in [2.24, 2.45) is 17.4 Å². The molecule has 12 atom stereocenters. The number of primary amides is 2. The molecule has 0 unspecified atom stereocenters. The van der Waals surface area contributed by atoms with Crippen LogP contribution in [0.25, 0.3) is 10.8 Å². The van der Waals surface area contributed by atoms with Crippen LogP contribution in [0.15, 0.2) is 42.5 Å². The molecule has 29 nitrogen and oxygen atoms in total. The number of likely N-dealkylation sites (N-methyl/N-ethyl adjacent to an activating group) is 1. The van der Waals surface area contributed by atoms with Crippen LogP contribution in [0.4, 0.5) is 4.79 Å². The first-order chi connectivity index (χ1) is 42.5. The molecule has 0 bridgehead atoms. The lowest BCUT2D eigenvalue weighted by atomic mass is 9.84. The molecule has 2 heterocycles. The van der Waals surface area contributed by atoms with Gasteiger partial charge in [-0.25, -0.2) is 9.36 Å². The van der Waals surface area contributed by atoms with Gasteiger partial charge >= 0.3 is 13.9 Å². The molecule has 3 fully saturated rings. The number of nitrogens with zero attached hydrogens (tertiary/aromatic N) is 1. The second kappa shape index (κ2) is 35.3. The van der Waals surface area contributed by atoms with Crippen LogP contribution in [0, 0.1) is 5.92 Å². The van der Waals surface area contributed by atoms with Crippen molar-refractivity contribution in [1.29, 1.82) is 0 Å². The number of phosphoric ester groups is 1. The first-order valence-electron chi connectivity index (χ1n) is 30.6. The summed E-state index contributed by atoms with van der Waals surface area (Å²) in [5, 5.41) is 28.6. The number of carbonyl (C=O) groups excluding carboxylic acids is 12. The summed E-state index contributed by atoms with van der Waals surface area (Å²) in [7, 11) is -4.21. The smallest absolute Gasteiger partial charge is 0.370 e. The molecule has 90 heavy (non-hydrogen) atoms. The van der Waals surface area contributed by atoms with Crippen molar-refractivity contribution < 1.29 is 76.4 Å². The molecule has 31 heteroatoms. The van der Waals surface area contributed by atoms with Gasteiger partial charge in [-0.3, -0.25) is 57.3 Å². The minimum atomic E-state index is -5.37. The van der Waals surface area contributed by atoms with Gasteiger partial charge < -0.3 is 79.3 Å². The van der Waals surface area contributed by atoms with Crippen LogP contribution >= 0.6 is 19.6 Å². The minimum absolute atomic E-state index is 0.0349. The Hall–Kier alpha value is -7.40. The average molecular weight is 1300 g/mol. The van der Waals surface area contributed by atoms with Crippen LogP contribution in [0.2, 0.25) is 0 Å². The fourth-order valence-electron chi connectivity index (χ4n) is 11.1. The van der Waals surface area contributed by atoms with Crippen LogP contribution in [-0.2, 0) is 68.2 Å². The third-order valence-electron chi connectivity index (χ3n) is 16.3. The Kier molecular flexibility index (Phi) is 28.7. The number of amides is 13. The average Bonchev–Trinajstić information content (AvgIpc) is 3.34. The van der Waals surface area contributed by atoms with Gasteiger partial charge in [-0.2, -0.15) is 11.8 Å². The molecule has 3 aliphatic rings. The van der Waals surface area contributed by atoms with E-state index in [1.54, 1.807) is 18.2 Å². The van der Waals surface area contributed by atoms with Crippen LogP contribution in [0.5, 0.6) is 0 Å². The predicted octanol–water partition coefficient (Wildman–Crippen LogP) is -0.0862. The van der Waals surface area contributed by atoms with E-state index >= 15 is 0 Å². The Morgan fingerprint density at radius 3 is 1.98 bits per heavy atom. The number of unbranched alkanes of at least 4 members (excludes halogenated alkanes) is 2. The first-order valence-corrected chi connectivity index (χ1v) is 33.2. The zero-order valence-corrected chi connectivity index (χ0v) is 53.6. The maximum Gasteiger partial charge on any atom is 0.469 e. The number of hydrogen-bond donors (Lipinski definition) is 14. The Morgan fingerprint density at radius 2 is 1.32 bits per heavy atom. The van der Waals surface area contributed by atoms with Crippen LogP contribution < -0.4 is 64.6 Å². The number of urea groups is 1. The number of benzene rings is 2. The lowest BCUT2D eigenvalue weighted by Crippen LogP contribution is -2.62. The van der Waals surface area contributed by atoms with Crippen LogP contribution in [0.3, 0.4) is 0 Å². The van der Waals surface area contributed by atoms with E-state index < -0.39 is 121 Å². The third kappa shape index (κ3) is 23.8. The van der Waals surface area contributed by atoms with Gasteiger partial charge in [0.1, 0.15) is 48.3 Å². The number of fused-ring (bicyclic) bond motifs is 2. The molecule has 1 saturated carbocycles. The van der Waals surface area contributed by atoms with Gasteiger partial charge in [0.2, 0.25) is 65.0 Å². The molecular weight excluding hydrogens is 1210 g/mol. The Bertz CT molecular complexity index is 2950. The van der Waals surface area contributed by atoms with Crippen molar-refractivity contribution in [3.8, 4) is 0 Å². The lowest BCUT2D eigenvalue weighted by Gasteiger charge is -2.34. The van der Waals surface area contributed by atoms with Crippen LogP contribution in [-0.4, -0.2) is 177 Å². The Morgan fingerprint density at radius 1 is 0.700 bits per heavy atom. The molecule has 2 aromatic rings. The highest BCUT2D eigenvalue weighted by Gasteiger charge is 2.43. The van der Waals surface area contributed by atoms with E-state index in [2.05, 4.69) is 53.2 Å². The van der Waals surface area contributed by atoms with Gasteiger partial charge in [0.25, 0.3) is 0 Å². The quantitative estimate of drug-likeness (QED) is 0.0241. The van der Waals surface area contributed by atoms with E-state index in [0.29, 0.717) is 55.9 Å². The number of rotatable bonds is 36. The molecule has 5 rings (SSSR count). The number of phosphoric acid groups is 1. The van der Waals surface area contributed by atoms with Gasteiger partial charge in [-0.15, -0.1) is 0 Å². The molecule has 0 spiro atoms. The summed E-state index contributed by atoms with van der Waals surface area (Å²) in [6, 6.07) is 1.53. The molecule has 2 aliphatic heterocycles. The van der Waals surface area contributed by atoms with E-state index in [-0.39, 0.29) is 62.0 Å². The largest absolute Gasteiger partial charge is 0.469 e. The van der Waals surface area contributed by atoms with Crippen molar-refractivity contribution in [3.63, 3.8) is 0 Å². The van der Waals surface area contributed by atoms with Crippen molar-refractivity contribution in [2.45, 2.75) is 209 Å². The summed E-state index contributed by atoms with van der Waals surface area (Å²) < 4.78 is 17.2. The number of carbonyl (C=O) groups is 12. The van der Waals surface area contributed by atoms with Gasteiger partial charge in [0.15, 0.2) is 0 Å². The van der Waals surface area contributed by atoms with Gasteiger partial charge in [0.05, 0.1) is 18.2 Å². The summed E-state index contributed by atoms with van der Waals surface area (Å²) >= 11 is 1.82. The standard InChI is InChI=1S/C59H90N13O16PS/c1-32(64-55(80)42(65-36(5)73)20-14-15-27-62-48(75)22-13-12-21-46-50-45(31-90-46)69-59(84)71-50)52(77)63-33(2)53(78)67-43(29-37-16-8-7-9-17-37)57(82)70-49(35(4)88-89(85,86)87)58(83)72(6)34(3)54(79)68-44(56(81)66-41(51(61)76)25-26-47(60)74)30-38-23-24-39-18-10-11-19-40(39)28-38/h10-11,18-19,23-24,28,32-35,37,41-46,49-50H,7-9,12-17,20-22,25-27,29-31H2,1-6H3,(H2,60,74)(H2,61,76)(H,62,75)(H,63,77)(H,64,80)(H,65,73)(H,66,81)(H,67,78)(H,68,79)(H,70,82)(H2,69,71,84)(H2,85,86,87)/t32-,33-,34-,35+,41-,42-,43-,44-,45-,46-,49-,50-/m0/s1. The van der Waals surface area contributed by atoms with Crippen molar-refractivity contribution in [1.82, 2.24) is 58.1 Å². The maximum absolute atomic E-state index is 14.5. The molecule has 0 aromatic heterocycles. The lowest BCUT2D eigenvalue weighted by molar-refractivity contribution is -0.144. The zero-order chi connectivity index (χ0) is 66.4. The zero-order valence-electron chi connectivity index (χ0n) is 51.8. The first kappa shape index (κ1) is 73.3. The minimum Gasteiger partial charge on any atom is -0.370 e. The highest BCUT2D eigenvalue weighted by Crippen LogP contribution is 2.38. The molecule has 498 valence electrons. The second-order valence-corrected chi connectivity index (χ2v) is 26.0. The molecule has 0 radical (unpaired) electrons. The summed E-state index contributed by atoms with van der Waals surface area (Å²) in [6.45, 7) is 6.63. The van der Waals surface area contributed by atoms with E-state index in [9.17, 15) is 71.9 Å². The number of thioether (sulfide) groups is 1. The fraction of sp³-hybridized carbons (Fsp3) is 0.627. The second-order valence-electron chi connectivity index (χ2n) is 23.6. The maximum atomic E-state index is 14.5. The molecule has 2 saturated heterocycles. The number of hydrogen-bond acceptors (Lipinski definition) is 15. The topological polar surface area (TPSA) is 447 Å². The molecular formula is C59H90N13O16PS. The fourth-order valence-corrected chi connectivity index (χ4v) is 13.2. The van der Waals surface area contributed by atoms with Crippen LogP contribution in [0.1, 0.15) is 136 Å². The van der Waals surface area contributed by atoms with Crippen molar-refractivity contribution in [3.05, 3.63) is 48.0 Å². The van der Waals surface area contributed by atoms with Crippen molar-refractivity contribution >= 4 is 101 Å². The summed E-state index contributed by atoms with van der Waals surface area (Å²) in [5.74, 6) is -7.84. The van der Waals surface area contributed by atoms with Gasteiger partial charge in [-0.05, 0) is 94.9 Å². The predicted molar refractivity (Wildman–Crippen MR) is 333 cm³/mol. The highest BCUT2D eigenvalue weighted by molar-refractivity contribution is 8.00. The van der Waals surface area contributed by atoms with Gasteiger partial charge in [0, 0.05) is 50.8 Å². The van der Waals surface area contributed by atoms with Gasteiger partial charge in [-0.1, -0.05) is 81.0 Å². The summed E-state index contributed by atoms with van der Waals surface area (Å²) in [4.78, 5) is 179. The van der Waals surface area contributed by atoms with E-state index in [1.807, 2.05) is 36.0 Å². The van der Waals surface area contributed by atoms with E-state index in [4.69, 9.17) is 16.0 Å². The third-order valence-corrected chi connectivity index (χ3v) is 18.4. The monoisotopic (exact) mass is 1300 g/mol. The summed E-state index contributed by atoms with van der Waals surface area (Å²) in [5.41, 5.74) is 11.4. The highest BCUT2D eigenvalue weighted by atomic mass is 32.2. The van der Waals surface area contributed by atoms with Crippen molar-refractivity contribution in [2.75, 3.05) is 19.3 Å². The molecule has 1 aliphatic carbocycles. The number of nitrogens with one attached hydrogen (secondary N) is 10. The van der Waals surface area contributed by atoms with E-state index in [0.717, 1.165) is 67.5 Å². The SMILES string of the molecule is CC(=O)N[C@@H](CCCCNC(=O)CCCC[C@@H]1SC[C@@H]2NC(=O)N[C@@H]21)C(=O)N[C@@H](C)C(=O)N[C@@H](C)C(=O)N[C@@H](CC1CCCCC1)C(=O)N[C@H](C(=O)N(C)[C@@H](C)C(=O)N[C@@H](Cc1ccc2ccccc2c1)C(=O)N[C@@H](CCC(N)=O)C(N)=O)[C@@H](C)OP(=O)(O)O. The molecule has 16 N–H and O–H groups in total. The summed E-state index contributed by atoms with van der Waals surface area (Å²) in [6.07, 6.45) is 5.30. The Labute approximate surface area is 527 Å². The van der Waals surface area contributed by atoms with E-state index in [1.165, 1.54) is 27.7 Å². The number of nitrogens with two attached hydrogens (primary N) is 2. The molecule has 2 aromatic carbocycles. The normalized spacial score (nSPS) is 19.4. The Balaban J connectivity index is 1.20.